The molecule has 1 aromatic carbocycles. The van der Waals surface area contributed by atoms with Gasteiger partial charge in [0.2, 0.25) is 0 Å². The third-order valence-corrected chi connectivity index (χ3v) is 3.55. The number of aliphatic hydroxyl groups excluding tert-OH is 1. The van der Waals surface area contributed by atoms with Gasteiger partial charge in [0, 0.05) is 33.9 Å². The Morgan fingerprint density at radius 3 is 2.71 bits per heavy atom. The molecule has 0 aromatic heterocycles. The Kier molecular flexibility index (Phi) is 5.15. The largest absolute Gasteiger partial charge is 0.396 e. The van der Waals surface area contributed by atoms with E-state index in [-0.39, 0.29) is 6.61 Å². The molecule has 1 atom stereocenters. The number of halogens is 1. The standard InChI is InChI=1S/C10H13ClO2S/c11-10-5-2-1-4-9(10)8-14(13)7-3-6-12/h1-2,4-5,12H,3,6-8H2. The summed E-state index contributed by atoms with van der Waals surface area (Å²) in [7, 11) is -0.926. The van der Waals surface area contributed by atoms with Crippen molar-refractivity contribution in [2.75, 3.05) is 12.4 Å². The molecular weight excluding hydrogens is 220 g/mol. The van der Waals surface area contributed by atoms with Crippen LogP contribution >= 0.6 is 11.6 Å². The summed E-state index contributed by atoms with van der Waals surface area (Å²) in [6.45, 7) is 0.0915. The van der Waals surface area contributed by atoms with Gasteiger partial charge in [-0.2, -0.15) is 0 Å². The maximum absolute atomic E-state index is 11.5. The number of rotatable bonds is 5. The monoisotopic (exact) mass is 232 g/mol. The maximum Gasteiger partial charge on any atom is 0.0500 e. The van der Waals surface area contributed by atoms with Crippen LogP contribution in [0.25, 0.3) is 0 Å². The number of benzene rings is 1. The summed E-state index contributed by atoms with van der Waals surface area (Å²) in [5, 5.41) is 9.23. The van der Waals surface area contributed by atoms with Crippen LogP contribution in [0.5, 0.6) is 0 Å². The Labute approximate surface area is 91.4 Å². The highest BCUT2D eigenvalue weighted by Gasteiger charge is 2.04. The van der Waals surface area contributed by atoms with Crippen molar-refractivity contribution in [2.24, 2.45) is 0 Å². The maximum atomic E-state index is 11.5. The average molecular weight is 233 g/mol. The van der Waals surface area contributed by atoms with Gasteiger partial charge in [-0.15, -0.1) is 0 Å². The van der Waals surface area contributed by atoms with Crippen LogP contribution in [0.15, 0.2) is 24.3 Å². The smallest absolute Gasteiger partial charge is 0.0500 e. The Balaban J connectivity index is 2.52. The van der Waals surface area contributed by atoms with Gasteiger partial charge in [0.1, 0.15) is 0 Å². The molecule has 1 N–H and O–H groups in total. The van der Waals surface area contributed by atoms with E-state index < -0.39 is 10.8 Å². The summed E-state index contributed by atoms with van der Waals surface area (Å²) in [6.07, 6.45) is 0.580. The van der Waals surface area contributed by atoms with Crippen molar-refractivity contribution in [3.8, 4) is 0 Å². The van der Waals surface area contributed by atoms with Crippen LogP contribution in [0.2, 0.25) is 5.02 Å². The third kappa shape index (κ3) is 3.78. The second-order valence-corrected chi connectivity index (χ2v) is 4.94. The van der Waals surface area contributed by atoms with E-state index in [1.165, 1.54) is 0 Å². The predicted molar refractivity (Wildman–Crippen MR) is 59.9 cm³/mol. The first-order valence-corrected chi connectivity index (χ1v) is 6.30. The Morgan fingerprint density at radius 1 is 1.36 bits per heavy atom. The van der Waals surface area contributed by atoms with Crippen molar-refractivity contribution in [1.82, 2.24) is 0 Å². The molecule has 2 nitrogen and oxygen atoms in total. The first-order valence-electron chi connectivity index (χ1n) is 4.43. The van der Waals surface area contributed by atoms with Crippen molar-refractivity contribution in [3.63, 3.8) is 0 Å². The van der Waals surface area contributed by atoms with E-state index in [4.69, 9.17) is 16.7 Å². The van der Waals surface area contributed by atoms with E-state index in [2.05, 4.69) is 0 Å². The van der Waals surface area contributed by atoms with Gasteiger partial charge < -0.3 is 5.11 Å². The van der Waals surface area contributed by atoms with Gasteiger partial charge in [-0.05, 0) is 18.1 Å². The molecule has 0 aliphatic carbocycles. The van der Waals surface area contributed by atoms with Crippen LogP contribution in [0.1, 0.15) is 12.0 Å². The highest BCUT2D eigenvalue weighted by Crippen LogP contribution is 2.16. The van der Waals surface area contributed by atoms with Crippen LogP contribution in [0, 0.1) is 0 Å². The molecule has 0 heterocycles. The molecule has 0 saturated carbocycles. The fourth-order valence-corrected chi connectivity index (χ4v) is 2.56. The average Bonchev–Trinajstić information content (AvgIpc) is 2.18. The lowest BCUT2D eigenvalue weighted by atomic mass is 10.2. The summed E-state index contributed by atoms with van der Waals surface area (Å²) in [5.41, 5.74) is 0.908. The van der Waals surface area contributed by atoms with Gasteiger partial charge >= 0.3 is 0 Å². The number of hydrogen-bond acceptors (Lipinski definition) is 2. The second kappa shape index (κ2) is 6.17. The fourth-order valence-electron chi connectivity index (χ4n) is 1.09. The molecule has 0 amide bonds. The van der Waals surface area contributed by atoms with Crippen LogP contribution in [0.3, 0.4) is 0 Å². The molecule has 1 unspecified atom stereocenters. The molecule has 1 rings (SSSR count). The third-order valence-electron chi connectivity index (χ3n) is 1.80. The zero-order chi connectivity index (χ0) is 10.4. The van der Waals surface area contributed by atoms with Gasteiger partial charge in [0.05, 0.1) is 0 Å². The Morgan fingerprint density at radius 2 is 2.07 bits per heavy atom. The summed E-state index contributed by atoms with van der Waals surface area (Å²) in [5.74, 6) is 1.00. The van der Waals surface area contributed by atoms with Gasteiger partial charge in [0.15, 0.2) is 0 Å². The number of hydrogen-bond donors (Lipinski definition) is 1. The second-order valence-electron chi connectivity index (χ2n) is 2.96. The lowest BCUT2D eigenvalue weighted by molar-refractivity contribution is 0.296. The minimum Gasteiger partial charge on any atom is -0.396 e. The van der Waals surface area contributed by atoms with Gasteiger partial charge in [-0.3, -0.25) is 4.21 Å². The van der Waals surface area contributed by atoms with Gasteiger partial charge in [-0.25, -0.2) is 0 Å². The number of aliphatic hydroxyl groups is 1. The molecule has 0 fully saturated rings. The molecule has 0 aliphatic heterocycles. The summed E-state index contributed by atoms with van der Waals surface area (Å²) >= 11 is 5.92. The summed E-state index contributed by atoms with van der Waals surface area (Å²) in [6, 6.07) is 7.40. The molecule has 0 radical (unpaired) electrons. The molecule has 0 spiro atoms. The molecule has 4 heteroatoms. The first kappa shape index (κ1) is 11.7. The fraction of sp³-hybridized carbons (Fsp3) is 0.400. The minimum atomic E-state index is -0.926. The van der Waals surface area contributed by atoms with Crippen molar-refractivity contribution < 1.29 is 9.32 Å². The van der Waals surface area contributed by atoms with E-state index in [9.17, 15) is 4.21 Å². The zero-order valence-corrected chi connectivity index (χ0v) is 9.35. The molecule has 0 aliphatic rings. The summed E-state index contributed by atoms with van der Waals surface area (Å²) < 4.78 is 11.5. The van der Waals surface area contributed by atoms with Crippen molar-refractivity contribution >= 4 is 22.4 Å². The quantitative estimate of drug-likeness (QED) is 0.843. The first-order chi connectivity index (χ1) is 6.74. The Bertz CT molecular complexity index is 315. The lowest BCUT2D eigenvalue weighted by Gasteiger charge is -2.03. The molecule has 1 aromatic rings. The molecule has 78 valence electrons. The Hall–Kier alpha value is -0.380. The molecular formula is C10H13ClO2S. The topological polar surface area (TPSA) is 37.3 Å². The molecule has 14 heavy (non-hydrogen) atoms. The van der Waals surface area contributed by atoms with Crippen molar-refractivity contribution in [1.29, 1.82) is 0 Å². The van der Waals surface area contributed by atoms with Crippen LogP contribution < -0.4 is 0 Å². The van der Waals surface area contributed by atoms with Crippen molar-refractivity contribution in [2.45, 2.75) is 12.2 Å². The summed E-state index contributed by atoms with van der Waals surface area (Å²) in [4.78, 5) is 0. The van der Waals surface area contributed by atoms with Crippen LogP contribution in [-0.2, 0) is 16.6 Å². The normalized spacial score (nSPS) is 12.7. The predicted octanol–water partition coefficient (Wildman–Crippen LogP) is 1.97. The van der Waals surface area contributed by atoms with Gasteiger partial charge in [0.25, 0.3) is 0 Å². The van der Waals surface area contributed by atoms with Crippen molar-refractivity contribution in [3.05, 3.63) is 34.9 Å². The van der Waals surface area contributed by atoms with E-state index in [1.807, 2.05) is 18.2 Å². The van der Waals surface area contributed by atoms with E-state index in [0.29, 0.717) is 22.9 Å². The zero-order valence-electron chi connectivity index (χ0n) is 7.78. The minimum absolute atomic E-state index is 0.0915. The van der Waals surface area contributed by atoms with E-state index >= 15 is 0 Å². The van der Waals surface area contributed by atoms with Gasteiger partial charge in [-0.1, -0.05) is 29.8 Å². The highest BCUT2D eigenvalue weighted by atomic mass is 35.5. The molecule has 0 saturated heterocycles. The highest BCUT2D eigenvalue weighted by molar-refractivity contribution is 7.84. The van der Waals surface area contributed by atoms with Crippen LogP contribution in [0.4, 0.5) is 0 Å². The molecule has 0 bridgehead atoms. The lowest BCUT2D eigenvalue weighted by Crippen LogP contribution is -2.03. The SMILES string of the molecule is O=S(CCCO)Cc1ccccc1Cl. The van der Waals surface area contributed by atoms with E-state index in [1.54, 1.807) is 6.07 Å². The van der Waals surface area contributed by atoms with E-state index in [0.717, 1.165) is 5.56 Å². The van der Waals surface area contributed by atoms with Crippen LogP contribution in [-0.4, -0.2) is 21.7 Å².